The number of aromatic amines is 1. The van der Waals surface area contributed by atoms with E-state index in [0.717, 1.165) is 26.2 Å². The Kier molecular flexibility index (Phi) is 4.18. The summed E-state index contributed by atoms with van der Waals surface area (Å²) in [7, 11) is 0. The van der Waals surface area contributed by atoms with Gasteiger partial charge in [0, 0.05) is 16.6 Å². The Hall–Kier alpha value is -3.77. The lowest BCUT2D eigenvalue weighted by Crippen LogP contribution is -2.18. The van der Waals surface area contributed by atoms with Gasteiger partial charge in [0.2, 0.25) is 0 Å². The first-order chi connectivity index (χ1) is 14.2. The minimum absolute atomic E-state index is 0.221. The average molecular weight is 397 g/mol. The van der Waals surface area contributed by atoms with Crippen molar-refractivity contribution in [2.45, 2.75) is 0 Å². The lowest BCUT2D eigenvalue weighted by Gasteiger charge is -2.07. The fourth-order valence-electron chi connectivity index (χ4n) is 3.26. The molecule has 0 aliphatic rings. The van der Waals surface area contributed by atoms with E-state index in [0.29, 0.717) is 11.1 Å². The molecule has 1 amide bonds. The number of H-pyrrole nitrogens is 1. The van der Waals surface area contributed by atoms with Crippen LogP contribution in [0.2, 0.25) is 0 Å². The topological polar surface area (TPSA) is 74.8 Å². The van der Waals surface area contributed by atoms with Crippen LogP contribution in [0, 0.1) is 0 Å². The van der Waals surface area contributed by atoms with Crippen molar-refractivity contribution in [3.05, 3.63) is 94.9 Å². The van der Waals surface area contributed by atoms with Crippen LogP contribution in [-0.2, 0) is 0 Å². The molecule has 0 bridgehead atoms. The molecule has 0 saturated heterocycles. The maximum Gasteiger partial charge on any atom is 0.272 e. The van der Waals surface area contributed by atoms with Gasteiger partial charge in [-0.15, -0.1) is 11.3 Å². The number of hydrogen-bond donors (Lipinski definition) is 2. The maximum absolute atomic E-state index is 12.7. The van der Waals surface area contributed by atoms with Crippen molar-refractivity contribution in [2.24, 2.45) is 0 Å². The Morgan fingerprint density at radius 3 is 2.66 bits per heavy atom. The summed E-state index contributed by atoms with van der Waals surface area (Å²) in [5.74, 6) is -0.366. The number of aromatic nitrogens is 2. The van der Waals surface area contributed by atoms with Gasteiger partial charge in [-0.05, 0) is 41.8 Å². The number of nitrogens with zero attached hydrogens (tertiary/aromatic N) is 1. The molecule has 5 nitrogen and oxygen atoms in total. The van der Waals surface area contributed by atoms with Gasteiger partial charge in [0.05, 0.1) is 10.2 Å². The zero-order valence-electron chi connectivity index (χ0n) is 15.2. The number of carbonyl (C=O) groups is 1. The molecule has 0 fully saturated rings. The highest BCUT2D eigenvalue weighted by Gasteiger charge is 2.11. The van der Waals surface area contributed by atoms with Crippen molar-refractivity contribution in [1.29, 1.82) is 0 Å². The van der Waals surface area contributed by atoms with Crippen LogP contribution in [0.15, 0.2) is 83.7 Å². The second-order valence-electron chi connectivity index (χ2n) is 6.62. The van der Waals surface area contributed by atoms with Gasteiger partial charge in [-0.2, -0.15) is 0 Å². The van der Waals surface area contributed by atoms with Crippen LogP contribution in [0.5, 0.6) is 0 Å². The number of thiazole rings is 1. The number of hydrogen-bond acceptors (Lipinski definition) is 4. The number of carbonyl (C=O) groups excluding carboxylic acids is 1. The molecular weight excluding hydrogens is 382 g/mol. The summed E-state index contributed by atoms with van der Waals surface area (Å²) < 4.78 is 1.12. The first-order valence-corrected chi connectivity index (χ1v) is 9.88. The number of benzene rings is 3. The first kappa shape index (κ1) is 17.3. The van der Waals surface area contributed by atoms with E-state index >= 15 is 0 Å². The molecule has 5 aromatic rings. The van der Waals surface area contributed by atoms with Crippen molar-refractivity contribution < 1.29 is 4.79 Å². The van der Waals surface area contributed by atoms with Gasteiger partial charge >= 0.3 is 0 Å². The van der Waals surface area contributed by atoms with Crippen molar-refractivity contribution in [1.82, 2.24) is 9.97 Å². The second kappa shape index (κ2) is 7.00. The summed E-state index contributed by atoms with van der Waals surface area (Å²) in [4.78, 5) is 32.3. The van der Waals surface area contributed by atoms with Crippen LogP contribution in [0.4, 0.5) is 5.69 Å². The third-order valence-electron chi connectivity index (χ3n) is 4.66. The van der Waals surface area contributed by atoms with Gasteiger partial charge in [-0.1, -0.05) is 42.5 Å². The standard InChI is InChI=1S/C23H15N3O2S/c27-21-17-9-2-1-6-14(17)13-19(25-21)22(28)24-16-8-5-7-15(12-16)23-26-18-10-3-4-11-20(18)29-23/h1-13H,(H,24,28)(H,25,27). The Morgan fingerprint density at radius 2 is 1.76 bits per heavy atom. The molecule has 6 heteroatoms. The number of pyridine rings is 1. The smallest absolute Gasteiger partial charge is 0.272 e. The Morgan fingerprint density at radius 1 is 0.931 bits per heavy atom. The molecule has 29 heavy (non-hydrogen) atoms. The van der Waals surface area contributed by atoms with E-state index < -0.39 is 0 Å². The van der Waals surface area contributed by atoms with Gasteiger partial charge < -0.3 is 10.3 Å². The quantitative estimate of drug-likeness (QED) is 0.447. The molecule has 0 aliphatic heterocycles. The summed E-state index contributed by atoms with van der Waals surface area (Å²) in [5, 5.41) is 5.04. The monoisotopic (exact) mass is 397 g/mol. The minimum Gasteiger partial charge on any atom is -0.321 e. The number of fused-ring (bicyclic) bond motifs is 2. The Balaban J connectivity index is 1.46. The van der Waals surface area contributed by atoms with Crippen LogP contribution in [0.3, 0.4) is 0 Å². The Bertz CT molecular complexity index is 1400. The van der Waals surface area contributed by atoms with Crippen molar-refractivity contribution in [3.8, 4) is 10.6 Å². The first-order valence-electron chi connectivity index (χ1n) is 9.07. The van der Waals surface area contributed by atoms with E-state index in [1.54, 1.807) is 29.5 Å². The van der Waals surface area contributed by atoms with E-state index in [1.165, 1.54) is 0 Å². The molecule has 5 rings (SSSR count). The minimum atomic E-state index is -0.366. The van der Waals surface area contributed by atoms with Gasteiger partial charge in [0.15, 0.2) is 0 Å². The van der Waals surface area contributed by atoms with Crippen LogP contribution >= 0.6 is 11.3 Å². The Labute approximate surface area is 169 Å². The van der Waals surface area contributed by atoms with E-state index in [-0.39, 0.29) is 17.2 Å². The number of para-hydroxylation sites is 1. The molecule has 0 saturated carbocycles. The SMILES string of the molecule is O=C(Nc1cccc(-c2nc3ccccc3s2)c1)c1cc2ccccc2c(=O)[nH]1. The molecule has 140 valence electrons. The van der Waals surface area contributed by atoms with Gasteiger partial charge in [-0.3, -0.25) is 9.59 Å². The normalized spacial score (nSPS) is 11.0. The number of anilines is 1. The fraction of sp³-hybridized carbons (Fsp3) is 0. The molecule has 0 radical (unpaired) electrons. The van der Waals surface area contributed by atoms with E-state index in [4.69, 9.17) is 0 Å². The summed E-state index contributed by atoms with van der Waals surface area (Å²) in [5.41, 5.74) is 2.46. The molecule has 0 unspecified atom stereocenters. The van der Waals surface area contributed by atoms with Crippen molar-refractivity contribution >= 4 is 43.9 Å². The number of amides is 1. The van der Waals surface area contributed by atoms with Crippen LogP contribution in [0.1, 0.15) is 10.5 Å². The molecular formula is C23H15N3O2S. The molecule has 0 spiro atoms. The second-order valence-corrected chi connectivity index (χ2v) is 7.65. The molecule has 2 heterocycles. The molecule has 0 aliphatic carbocycles. The molecule has 3 aromatic carbocycles. The highest BCUT2D eigenvalue weighted by molar-refractivity contribution is 7.21. The van der Waals surface area contributed by atoms with Crippen LogP contribution in [0.25, 0.3) is 31.6 Å². The predicted octanol–water partition coefficient (Wildman–Crippen LogP) is 5.06. The highest BCUT2D eigenvalue weighted by atomic mass is 32.1. The predicted molar refractivity (Wildman–Crippen MR) is 118 cm³/mol. The summed E-state index contributed by atoms with van der Waals surface area (Å²) in [6.45, 7) is 0. The van der Waals surface area contributed by atoms with E-state index in [9.17, 15) is 9.59 Å². The summed E-state index contributed by atoms with van der Waals surface area (Å²) >= 11 is 1.61. The van der Waals surface area contributed by atoms with Gasteiger partial charge in [0.25, 0.3) is 11.5 Å². The largest absolute Gasteiger partial charge is 0.321 e. The molecule has 0 atom stereocenters. The van der Waals surface area contributed by atoms with Crippen molar-refractivity contribution in [2.75, 3.05) is 5.32 Å². The van der Waals surface area contributed by atoms with Gasteiger partial charge in [-0.25, -0.2) is 4.98 Å². The average Bonchev–Trinajstić information content (AvgIpc) is 3.18. The summed E-state index contributed by atoms with van der Waals surface area (Å²) in [6.07, 6.45) is 0. The lowest BCUT2D eigenvalue weighted by atomic mass is 10.1. The van der Waals surface area contributed by atoms with Gasteiger partial charge in [0.1, 0.15) is 10.7 Å². The maximum atomic E-state index is 12.7. The highest BCUT2D eigenvalue weighted by Crippen LogP contribution is 2.31. The van der Waals surface area contributed by atoms with E-state index in [1.807, 2.05) is 60.7 Å². The van der Waals surface area contributed by atoms with Crippen molar-refractivity contribution in [3.63, 3.8) is 0 Å². The zero-order chi connectivity index (χ0) is 19.8. The van der Waals surface area contributed by atoms with E-state index in [2.05, 4.69) is 15.3 Å². The van der Waals surface area contributed by atoms with Crippen LogP contribution < -0.4 is 10.9 Å². The van der Waals surface area contributed by atoms with Crippen LogP contribution in [-0.4, -0.2) is 15.9 Å². The number of rotatable bonds is 3. The number of nitrogens with one attached hydrogen (secondary N) is 2. The molecule has 2 N–H and O–H groups in total. The fourth-order valence-corrected chi connectivity index (χ4v) is 4.22. The third kappa shape index (κ3) is 3.30. The third-order valence-corrected chi connectivity index (χ3v) is 5.74. The zero-order valence-corrected chi connectivity index (χ0v) is 16.0. The summed E-state index contributed by atoms with van der Waals surface area (Å²) in [6, 6.07) is 24.4. The lowest BCUT2D eigenvalue weighted by molar-refractivity contribution is 0.102. The molecule has 2 aromatic heterocycles.